The highest BCUT2D eigenvalue weighted by Crippen LogP contribution is 2.48. The van der Waals surface area contributed by atoms with Gasteiger partial charge in [0.15, 0.2) is 0 Å². The Labute approximate surface area is 731 Å². The third kappa shape index (κ3) is 13.5. The molecule has 0 unspecified atom stereocenters. The zero-order chi connectivity index (χ0) is 83.4. The standard InChI is InChI=1S/C62H43N3.C58H39N3/c1-5-15-44(16-6-1)46-25-29-48(30-26-46)50-33-37-54(38-34-50)64-59-24-14-13-23-57(59)61-62(64)58-43-56(63(52-19-9-3-10-20-52)53-21-11-4-12-22-53)41-42-60(58)65(61)55-39-35-51(36-40-55)49-31-27-47(28-32-49)45-17-7-2-8-18-45;1-3-17-48(18-4-1)59(49-19-5-2-6-20-49)52-35-36-56-54(39-52)58-57(61(56)51-33-29-43(30-34-51)47-26-24-41-14-8-10-16-45(41)38-47)53-21-11-12-22-55(53)60(58)50-31-27-42(28-32-50)46-25-23-40-13-7-9-15-44(40)37-46/h1-43H;1-39H. The highest BCUT2D eigenvalue weighted by molar-refractivity contribution is 6.22. The van der Waals surface area contributed by atoms with E-state index in [1.54, 1.807) is 0 Å². The summed E-state index contributed by atoms with van der Waals surface area (Å²) < 4.78 is 9.87. The number of rotatable bonds is 16. The van der Waals surface area contributed by atoms with E-state index in [1.807, 2.05) is 0 Å². The molecule has 0 amide bonds. The summed E-state index contributed by atoms with van der Waals surface area (Å²) in [7, 11) is 0. The maximum absolute atomic E-state index is 2.47. The van der Waals surface area contributed by atoms with Crippen LogP contribution in [-0.4, -0.2) is 18.3 Å². The lowest BCUT2D eigenvalue weighted by Crippen LogP contribution is -2.09. The highest BCUT2D eigenvalue weighted by Gasteiger charge is 2.27. The molecule has 24 rings (SSSR count). The SMILES string of the molecule is c1ccc(-c2ccc(-c3ccc(-n4c5ccc(N(c6ccccc6)c6ccccc6)cc5c5c4c4ccccc4n5-c4ccc(-c5ccc(-c6ccccc6)cc5)cc4)cc3)cc2)cc1.c1ccc(N(c2ccccc2)c2ccc3c(c2)c2c(c4ccccc4n2-c2ccc(-c4ccc5ccccc5c4)cc2)n3-c2ccc(-c3ccc4ccccc4c3)cc2)cc1. The number of benzene rings is 20. The predicted octanol–water partition coefficient (Wildman–Crippen LogP) is 32.7. The van der Waals surface area contributed by atoms with Gasteiger partial charge in [0, 0.05) is 78.4 Å². The van der Waals surface area contributed by atoms with Crippen molar-refractivity contribution < 1.29 is 0 Å². The Morgan fingerprint density at radius 3 is 0.643 bits per heavy atom. The third-order valence-electron chi connectivity index (χ3n) is 25.0. The van der Waals surface area contributed by atoms with E-state index in [9.17, 15) is 0 Å². The Kier molecular flexibility index (Phi) is 18.8. The Morgan fingerprint density at radius 1 is 0.127 bits per heavy atom. The van der Waals surface area contributed by atoms with Crippen LogP contribution in [0.2, 0.25) is 0 Å². The van der Waals surface area contributed by atoms with Crippen molar-refractivity contribution in [3.8, 4) is 89.5 Å². The zero-order valence-electron chi connectivity index (χ0n) is 69.0. The first-order valence-electron chi connectivity index (χ1n) is 43.2. The van der Waals surface area contributed by atoms with Gasteiger partial charge in [-0.2, -0.15) is 0 Å². The van der Waals surface area contributed by atoms with Crippen LogP contribution in [0.15, 0.2) is 497 Å². The van der Waals surface area contributed by atoms with E-state index >= 15 is 0 Å². The summed E-state index contributed by atoms with van der Waals surface area (Å²) in [4.78, 5) is 4.71. The van der Waals surface area contributed by atoms with Crippen LogP contribution >= 0.6 is 0 Å². The Hall–Kier alpha value is -16.8. The Bertz CT molecular complexity index is 7780. The average molecular weight is 1610 g/mol. The van der Waals surface area contributed by atoms with Gasteiger partial charge in [0.25, 0.3) is 0 Å². The lowest BCUT2D eigenvalue weighted by atomic mass is 10.0. The third-order valence-corrected chi connectivity index (χ3v) is 25.0. The molecule has 24 aromatic rings. The van der Waals surface area contributed by atoms with E-state index in [0.29, 0.717) is 0 Å². The molecule has 0 saturated carbocycles. The van der Waals surface area contributed by atoms with E-state index in [4.69, 9.17) is 0 Å². The van der Waals surface area contributed by atoms with E-state index in [1.165, 1.54) is 137 Å². The fourth-order valence-electron chi connectivity index (χ4n) is 18.9. The number of nitrogens with zero attached hydrogens (tertiary/aromatic N) is 6. The molecule has 6 nitrogen and oxygen atoms in total. The first-order chi connectivity index (χ1) is 62.5. The van der Waals surface area contributed by atoms with Crippen molar-refractivity contribution in [2.45, 2.75) is 0 Å². The van der Waals surface area contributed by atoms with Gasteiger partial charge in [-0.15, -0.1) is 0 Å². The molecule has 6 heteroatoms. The number of fused-ring (bicyclic) bond motifs is 12. The normalized spacial score (nSPS) is 11.5. The second-order valence-corrected chi connectivity index (χ2v) is 32.4. The zero-order valence-corrected chi connectivity index (χ0v) is 69.0. The molecular weight excluding hydrogens is 1530 g/mol. The van der Waals surface area contributed by atoms with Gasteiger partial charge in [0.1, 0.15) is 0 Å². The van der Waals surface area contributed by atoms with E-state index in [0.717, 1.165) is 73.4 Å². The molecule has 0 aliphatic rings. The summed E-state index contributed by atoms with van der Waals surface area (Å²) in [6.45, 7) is 0. The molecule has 592 valence electrons. The van der Waals surface area contributed by atoms with Gasteiger partial charge in [0.05, 0.1) is 44.1 Å². The largest absolute Gasteiger partial charge is 0.310 e. The van der Waals surface area contributed by atoms with Gasteiger partial charge in [-0.05, 0) is 246 Å². The van der Waals surface area contributed by atoms with Gasteiger partial charge in [-0.25, -0.2) is 0 Å². The van der Waals surface area contributed by atoms with Crippen LogP contribution < -0.4 is 9.80 Å². The minimum atomic E-state index is 1.09. The van der Waals surface area contributed by atoms with Crippen molar-refractivity contribution in [2.75, 3.05) is 9.80 Å². The number of aromatic nitrogens is 4. The molecule has 0 bridgehead atoms. The first kappa shape index (κ1) is 74.3. The molecule has 0 saturated heterocycles. The molecule has 0 radical (unpaired) electrons. The van der Waals surface area contributed by atoms with Crippen molar-refractivity contribution in [3.05, 3.63) is 497 Å². The van der Waals surface area contributed by atoms with Gasteiger partial charge in [-0.3, -0.25) is 0 Å². The molecule has 4 heterocycles. The Morgan fingerprint density at radius 2 is 0.341 bits per heavy atom. The van der Waals surface area contributed by atoms with Gasteiger partial charge in [0.2, 0.25) is 0 Å². The molecule has 4 aromatic heterocycles. The second-order valence-electron chi connectivity index (χ2n) is 32.4. The van der Waals surface area contributed by atoms with E-state index < -0.39 is 0 Å². The molecule has 0 aliphatic heterocycles. The monoisotopic (exact) mass is 1610 g/mol. The molecule has 0 atom stereocenters. The maximum Gasteiger partial charge on any atom is 0.0804 e. The molecule has 0 N–H and O–H groups in total. The first-order valence-corrected chi connectivity index (χ1v) is 43.2. The topological polar surface area (TPSA) is 26.2 Å². The molecule has 126 heavy (non-hydrogen) atoms. The van der Waals surface area contributed by atoms with E-state index in [-0.39, 0.29) is 0 Å². The Balaban J connectivity index is 0.000000145. The smallest absolute Gasteiger partial charge is 0.0804 e. The predicted molar refractivity (Wildman–Crippen MR) is 532 cm³/mol. The fraction of sp³-hybridized carbons (Fsp3) is 0. The lowest BCUT2D eigenvalue weighted by Gasteiger charge is -2.25. The molecular formula is C120H82N6. The van der Waals surface area contributed by atoms with Crippen LogP contribution in [0, 0.1) is 0 Å². The number of para-hydroxylation sites is 6. The lowest BCUT2D eigenvalue weighted by molar-refractivity contribution is 1.17. The minimum Gasteiger partial charge on any atom is -0.310 e. The van der Waals surface area contributed by atoms with Crippen LogP contribution in [0.4, 0.5) is 34.1 Å². The number of hydrogen-bond acceptors (Lipinski definition) is 2. The van der Waals surface area contributed by atoms with Gasteiger partial charge in [-0.1, -0.05) is 340 Å². The van der Waals surface area contributed by atoms with Gasteiger partial charge < -0.3 is 28.1 Å². The van der Waals surface area contributed by atoms with Crippen LogP contribution in [0.5, 0.6) is 0 Å². The second kappa shape index (κ2) is 32.0. The van der Waals surface area contributed by atoms with Crippen LogP contribution in [0.25, 0.3) is 177 Å². The maximum atomic E-state index is 2.47. The van der Waals surface area contributed by atoms with Crippen molar-refractivity contribution in [3.63, 3.8) is 0 Å². The van der Waals surface area contributed by atoms with Crippen molar-refractivity contribution in [1.29, 1.82) is 0 Å². The van der Waals surface area contributed by atoms with Gasteiger partial charge >= 0.3 is 0 Å². The van der Waals surface area contributed by atoms with E-state index in [2.05, 4.69) is 526 Å². The van der Waals surface area contributed by atoms with Crippen molar-refractivity contribution in [1.82, 2.24) is 18.3 Å². The number of hydrogen-bond donors (Lipinski definition) is 0. The van der Waals surface area contributed by atoms with Crippen LogP contribution in [0.1, 0.15) is 0 Å². The summed E-state index contributed by atoms with van der Waals surface area (Å²) in [5, 5.41) is 9.75. The number of anilines is 6. The van der Waals surface area contributed by atoms with Crippen molar-refractivity contribution >= 4 is 121 Å². The quantitative estimate of drug-likeness (QED) is 0.0964. The molecule has 20 aromatic carbocycles. The average Bonchev–Trinajstić information content (AvgIpc) is 1.54. The van der Waals surface area contributed by atoms with Crippen LogP contribution in [-0.2, 0) is 0 Å². The summed E-state index contributed by atoms with van der Waals surface area (Å²) >= 11 is 0. The summed E-state index contributed by atoms with van der Waals surface area (Å²) in [6, 6.07) is 180. The molecule has 0 aliphatic carbocycles. The van der Waals surface area contributed by atoms with Crippen LogP contribution in [0.3, 0.4) is 0 Å². The summed E-state index contributed by atoms with van der Waals surface area (Å²) in [5.74, 6) is 0. The molecule has 0 spiro atoms. The van der Waals surface area contributed by atoms with Crippen molar-refractivity contribution in [2.24, 2.45) is 0 Å². The fourth-order valence-corrected chi connectivity index (χ4v) is 18.9. The minimum absolute atomic E-state index is 1.09. The molecule has 0 fully saturated rings. The summed E-state index contributed by atoms with van der Waals surface area (Å²) in [6.07, 6.45) is 0. The highest BCUT2D eigenvalue weighted by atomic mass is 15.2. The summed E-state index contributed by atoms with van der Waals surface area (Å²) in [5.41, 5.74) is 34.9.